The normalized spacial score (nSPS) is 16.6. The summed E-state index contributed by atoms with van der Waals surface area (Å²) in [5.41, 5.74) is 1.90. The maximum absolute atomic E-state index is 12.5. The Labute approximate surface area is 168 Å². The summed E-state index contributed by atoms with van der Waals surface area (Å²) < 4.78 is 4.79. The molecular weight excluding hydrogens is 372 g/mol. The van der Waals surface area contributed by atoms with Crippen LogP contribution in [0.15, 0.2) is 54.6 Å². The van der Waals surface area contributed by atoms with Crippen LogP contribution in [-0.2, 0) is 25.5 Å². The molecule has 1 aliphatic heterocycles. The molecule has 2 aromatic rings. The van der Waals surface area contributed by atoms with E-state index >= 15 is 0 Å². The van der Waals surface area contributed by atoms with E-state index in [4.69, 9.17) is 4.74 Å². The van der Waals surface area contributed by atoms with Gasteiger partial charge in [-0.1, -0.05) is 54.6 Å². The van der Waals surface area contributed by atoms with Crippen molar-refractivity contribution in [2.75, 3.05) is 7.11 Å². The van der Waals surface area contributed by atoms with Crippen molar-refractivity contribution in [3.63, 3.8) is 0 Å². The number of ether oxygens (including phenoxy) is 1. The van der Waals surface area contributed by atoms with Crippen molar-refractivity contribution in [3.8, 4) is 0 Å². The standard InChI is InChI=1S/C22H22N2O5/c1-29-22(28)18(24-21(27)17-11-12-19(25)23-17)13-14-7-9-16(10-8-14)20(26)15-5-3-2-4-6-15/h2-10,17-18H,11-13H2,1H3,(H,23,25)(H,24,27)/t17-,18-/m0/s1. The summed E-state index contributed by atoms with van der Waals surface area (Å²) in [5.74, 6) is -1.26. The fourth-order valence-corrected chi connectivity index (χ4v) is 3.20. The topological polar surface area (TPSA) is 102 Å². The van der Waals surface area contributed by atoms with Crippen molar-refractivity contribution in [1.29, 1.82) is 0 Å². The Hall–Kier alpha value is -3.48. The van der Waals surface area contributed by atoms with Gasteiger partial charge in [0.1, 0.15) is 12.1 Å². The van der Waals surface area contributed by atoms with Gasteiger partial charge in [0.05, 0.1) is 7.11 Å². The monoisotopic (exact) mass is 394 g/mol. The third-order valence-electron chi connectivity index (χ3n) is 4.81. The molecule has 1 saturated heterocycles. The number of hydrogen-bond acceptors (Lipinski definition) is 5. The number of ketones is 1. The van der Waals surface area contributed by atoms with E-state index in [1.807, 2.05) is 6.07 Å². The van der Waals surface area contributed by atoms with Gasteiger partial charge >= 0.3 is 5.97 Å². The molecule has 2 atom stereocenters. The van der Waals surface area contributed by atoms with Crippen molar-refractivity contribution in [3.05, 3.63) is 71.3 Å². The van der Waals surface area contributed by atoms with Gasteiger partial charge in [-0.2, -0.15) is 0 Å². The Balaban J connectivity index is 1.67. The smallest absolute Gasteiger partial charge is 0.328 e. The summed E-state index contributed by atoms with van der Waals surface area (Å²) >= 11 is 0. The number of carbonyl (C=O) groups is 4. The summed E-state index contributed by atoms with van der Waals surface area (Å²) in [5, 5.41) is 5.22. The van der Waals surface area contributed by atoms with Crippen LogP contribution >= 0.6 is 0 Å². The predicted octanol–water partition coefficient (Wildman–Crippen LogP) is 1.40. The molecule has 29 heavy (non-hydrogen) atoms. The number of methoxy groups -OCH3 is 1. The lowest BCUT2D eigenvalue weighted by atomic mass is 9.99. The molecular formula is C22H22N2O5. The minimum atomic E-state index is -0.888. The number of amides is 2. The van der Waals surface area contributed by atoms with Gasteiger partial charge in [-0.05, 0) is 12.0 Å². The molecule has 0 bridgehead atoms. The van der Waals surface area contributed by atoms with Gasteiger partial charge in [0.2, 0.25) is 11.8 Å². The van der Waals surface area contributed by atoms with Crippen LogP contribution in [-0.4, -0.2) is 42.8 Å². The second-order valence-corrected chi connectivity index (χ2v) is 6.84. The average molecular weight is 394 g/mol. The summed E-state index contributed by atoms with van der Waals surface area (Å²) in [6.45, 7) is 0. The number of esters is 1. The van der Waals surface area contributed by atoms with Gasteiger partial charge in [0.25, 0.3) is 0 Å². The molecule has 3 rings (SSSR count). The summed E-state index contributed by atoms with van der Waals surface area (Å²) in [7, 11) is 1.25. The van der Waals surface area contributed by atoms with E-state index in [0.29, 0.717) is 17.5 Å². The highest BCUT2D eigenvalue weighted by Gasteiger charge is 2.30. The number of rotatable bonds is 7. The van der Waals surface area contributed by atoms with Gasteiger partial charge in [0, 0.05) is 24.0 Å². The van der Waals surface area contributed by atoms with Crippen LogP contribution in [0.4, 0.5) is 0 Å². The van der Waals surface area contributed by atoms with Crippen LogP contribution in [0.5, 0.6) is 0 Å². The minimum Gasteiger partial charge on any atom is -0.467 e. The number of hydrogen-bond donors (Lipinski definition) is 2. The molecule has 0 aliphatic carbocycles. The van der Waals surface area contributed by atoms with E-state index in [1.54, 1.807) is 48.5 Å². The van der Waals surface area contributed by atoms with Crippen LogP contribution < -0.4 is 10.6 Å². The lowest BCUT2D eigenvalue weighted by Gasteiger charge is -2.19. The Morgan fingerprint density at radius 1 is 1.07 bits per heavy atom. The molecule has 2 amide bonds. The first-order valence-electron chi connectivity index (χ1n) is 9.34. The highest BCUT2D eigenvalue weighted by molar-refractivity contribution is 6.08. The van der Waals surface area contributed by atoms with Crippen molar-refractivity contribution in [2.45, 2.75) is 31.3 Å². The third-order valence-corrected chi connectivity index (χ3v) is 4.81. The second-order valence-electron chi connectivity index (χ2n) is 6.84. The Bertz CT molecular complexity index is 909. The predicted molar refractivity (Wildman–Crippen MR) is 105 cm³/mol. The highest BCUT2D eigenvalue weighted by atomic mass is 16.5. The molecule has 1 heterocycles. The molecule has 0 aromatic heterocycles. The molecule has 7 heteroatoms. The second kappa shape index (κ2) is 9.14. The maximum Gasteiger partial charge on any atom is 0.328 e. The van der Waals surface area contributed by atoms with E-state index in [1.165, 1.54) is 7.11 Å². The third kappa shape index (κ3) is 5.07. The van der Waals surface area contributed by atoms with Gasteiger partial charge in [0.15, 0.2) is 5.78 Å². The molecule has 7 nitrogen and oxygen atoms in total. The molecule has 0 radical (unpaired) electrons. The Morgan fingerprint density at radius 3 is 2.31 bits per heavy atom. The zero-order valence-corrected chi connectivity index (χ0v) is 16.0. The first-order chi connectivity index (χ1) is 14.0. The molecule has 0 saturated carbocycles. The lowest BCUT2D eigenvalue weighted by molar-refractivity contribution is -0.145. The van der Waals surface area contributed by atoms with Crippen molar-refractivity contribution in [1.82, 2.24) is 10.6 Å². The van der Waals surface area contributed by atoms with Crippen molar-refractivity contribution >= 4 is 23.6 Å². The van der Waals surface area contributed by atoms with E-state index in [-0.39, 0.29) is 24.5 Å². The van der Waals surface area contributed by atoms with Crippen molar-refractivity contribution in [2.24, 2.45) is 0 Å². The number of nitrogens with one attached hydrogen (secondary N) is 2. The lowest BCUT2D eigenvalue weighted by Crippen LogP contribution is -2.49. The van der Waals surface area contributed by atoms with Crippen LogP contribution in [0.2, 0.25) is 0 Å². The minimum absolute atomic E-state index is 0.0908. The number of benzene rings is 2. The fourth-order valence-electron chi connectivity index (χ4n) is 3.20. The first-order valence-corrected chi connectivity index (χ1v) is 9.34. The number of carbonyl (C=O) groups excluding carboxylic acids is 4. The SMILES string of the molecule is COC(=O)[C@H](Cc1ccc(C(=O)c2ccccc2)cc1)NC(=O)[C@@H]1CCC(=O)N1. The largest absolute Gasteiger partial charge is 0.467 e. The van der Waals surface area contributed by atoms with Crippen LogP contribution in [0, 0.1) is 0 Å². The summed E-state index contributed by atoms with van der Waals surface area (Å²) in [6.07, 6.45) is 0.894. The Morgan fingerprint density at radius 2 is 1.72 bits per heavy atom. The van der Waals surface area contributed by atoms with Crippen LogP contribution in [0.3, 0.4) is 0 Å². The summed E-state index contributed by atoms with van der Waals surface area (Å²) in [4.78, 5) is 48.2. The van der Waals surface area contributed by atoms with Crippen LogP contribution in [0.25, 0.3) is 0 Å². The van der Waals surface area contributed by atoms with Gasteiger partial charge in [-0.3, -0.25) is 14.4 Å². The van der Waals surface area contributed by atoms with Gasteiger partial charge in [-0.25, -0.2) is 4.79 Å². The van der Waals surface area contributed by atoms with E-state index in [9.17, 15) is 19.2 Å². The fraction of sp³-hybridized carbons (Fsp3) is 0.273. The molecule has 150 valence electrons. The molecule has 1 aliphatic rings. The van der Waals surface area contributed by atoms with Crippen molar-refractivity contribution < 1.29 is 23.9 Å². The van der Waals surface area contributed by atoms with Crippen LogP contribution in [0.1, 0.15) is 34.3 Å². The van der Waals surface area contributed by atoms with E-state index in [0.717, 1.165) is 5.56 Å². The molecule has 2 aromatic carbocycles. The zero-order chi connectivity index (χ0) is 20.8. The average Bonchev–Trinajstić information content (AvgIpc) is 3.19. The van der Waals surface area contributed by atoms with E-state index < -0.39 is 24.0 Å². The maximum atomic E-state index is 12.5. The van der Waals surface area contributed by atoms with E-state index in [2.05, 4.69) is 10.6 Å². The van der Waals surface area contributed by atoms with Gasteiger partial charge < -0.3 is 15.4 Å². The first kappa shape index (κ1) is 20.3. The Kier molecular flexibility index (Phi) is 6.39. The van der Waals surface area contributed by atoms with Gasteiger partial charge in [-0.15, -0.1) is 0 Å². The highest BCUT2D eigenvalue weighted by Crippen LogP contribution is 2.13. The zero-order valence-electron chi connectivity index (χ0n) is 16.0. The quantitative estimate of drug-likeness (QED) is 0.546. The molecule has 0 unspecified atom stereocenters. The molecule has 0 spiro atoms. The molecule has 1 fully saturated rings. The molecule has 2 N–H and O–H groups in total. The summed E-state index contributed by atoms with van der Waals surface area (Å²) in [6, 6.07) is 14.3.